The van der Waals surface area contributed by atoms with Crippen molar-refractivity contribution >= 4 is 5.91 Å². The first-order valence-electron chi connectivity index (χ1n) is 5.91. The van der Waals surface area contributed by atoms with E-state index in [-0.39, 0.29) is 23.5 Å². The molecule has 0 aliphatic heterocycles. The lowest BCUT2D eigenvalue weighted by atomic mass is 10.1. The average molecular weight is 259 g/mol. The molecule has 0 spiro atoms. The van der Waals surface area contributed by atoms with Gasteiger partial charge in [0.15, 0.2) is 0 Å². The van der Waals surface area contributed by atoms with Crippen LogP contribution < -0.4 is 5.32 Å². The van der Waals surface area contributed by atoms with E-state index in [2.05, 4.69) is 15.3 Å². The summed E-state index contributed by atoms with van der Waals surface area (Å²) in [5.74, 6) is -0.655. The van der Waals surface area contributed by atoms with Crippen molar-refractivity contribution in [3.63, 3.8) is 0 Å². The van der Waals surface area contributed by atoms with Crippen molar-refractivity contribution in [3.8, 4) is 0 Å². The summed E-state index contributed by atoms with van der Waals surface area (Å²) in [7, 11) is 0. The number of aromatic nitrogens is 2. The van der Waals surface area contributed by atoms with E-state index >= 15 is 0 Å². The van der Waals surface area contributed by atoms with Crippen LogP contribution in [0.15, 0.2) is 36.7 Å². The largest absolute Gasteiger partial charge is 0.344 e. The Balaban J connectivity index is 2.08. The summed E-state index contributed by atoms with van der Waals surface area (Å²) in [6.07, 6.45) is 2.95. The molecule has 0 saturated carbocycles. The van der Waals surface area contributed by atoms with Crippen molar-refractivity contribution in [3.05, 3.63) is 59.4 Å². The zero-order valence-corrected chi connectivity index (χ0v) is 10.7. The minimum Gasteiger partial charge on any atom is -0.344 e. The van der Waals surface area contributed by atoms with Gasteiger partial charge >= 0.3 is 0 Å². The Kier molecular flexibility index (Phi) is 3.85. The lowest BCUT2D eigenvalue weighted by molar-refractivity contribution is 0.0934. The number of benzene rings is 1. The Labute approximate surface area is 110 Å². The molecule has 2 rings (SSSR count). The molecule has 2 aromatic rings. The molecular formula is C14H14FN3O. The first-order chi connectivity index (χ1) is 9.06. The predicted octanol–water partition coefficient (Wildman–Crippen LogP) is 2.42. The van der Waals surface area contributed by atoms with E-state index in [4.69, 9.17) is 0 Å². The molecule has 1 heterocycles. The molecule has 0 bridgehead atoms. The maximum atomic E-state index is 13.1. The van der Waals surface area contributed by atoms with Gasteiger partial charge in [-0.3, -0.25) is 9.78 Å². The molecule has 0 fully saturated rings. The van der Waals surface area contributed by atoms with Crippen molar-refractivity contribution in [1.29, 1.82) is 0 Å². The van der Waals surface area contributed by atoms with E-state index in [0.717, 1.165) is 5.69 Å². The fourth-order valence-electron chi connectivity index (χ4n) is 1.64. The highest BCUT2D eigenvalue weighted by atomic mass is 19.1. The summed E-state index contributed by atoms with van der Waals surface area (Å²) in [6, 6.07) is 5.83. The van der Waals surface area contributed by atoms with Crippen LogP contribution in [0, 0.1) is 12.7 Å². The van der Waals surface area contributed by atoms with Crippen LogP contribution in [-0.4, -0.2) is 15.9 Å². The normalized spacial score (nSPS) is 11.9. The van der Waals surface area contributed by atoms with Gasteiger partial charge in [0, 0.05) is 6.20 Å². The van der Waals surface area contributed by atoms with E-state index in [1.807, 2.05) is 0 Å². The summed E-state index contributed by atoms with van der Waals surface area (Å²) in [5.41, 5.74) is 1.69. The van der Waals surface area contributed by atoms with E-state index in [0.29, 0.717) is 5.56 Å². The smallest absolute Gasteiger partial charge is 0.271 e. The second-order valence-corrected chi connectivity index (χ2v) is 4.29. The summed E-state index contributed by atoms with van der Waals surface area (Å²) >= 11 is 0. The Morgan fingerprint density at radius 2 is 2.11 bits per heavy atom. The number of rotatable bonds is 3. The number of hydrogen-bond donors (Lipinski definition) is 1. The molecule has 0 aliphatic rings. The molecule has 0 unspecified atom stereocenters. The molecule has 1 amide bonds. The average Bonchev–Trinajstić information content (AvgIpc) is 2.39. The summed E-state index contributed by atoms with van der Waals surface area (Å²) in [6.45, 7) is 3.58. The third kappa shape index (κ3) is 3.34. The number of carbonyl (C=O) groups excluding carboxylic acids is 1. The number of nitrogens with zero attached hydrogens (tertiary/aromatic N) is 2. The molecule has 1 aromatic heterocycles. The minimum atomic E-state index is -0.329. The van der Waals surface area contributed by atoms with E-state index < -0.39 is 0 Å². The van der Waals surface area contributed by atoms with Gasteiger partial charge in [0.05, 0.1) is 17.9 Å². The molecule has 1 atom stereocenters. The van der Waals surface area contributed by atoms with E-state index in [1.165, 1.54) is 24.5 Å². The second kappa shape index (κ2) is 5.56. The molecular weight excluding hydrogens is 245 g/mol. The first kappa shape index (κ1) is 13.1. The van der Waals surface area contributed by atoms with Crippen molar-refractivity contribution in [2.24, 2.45) is 0 Å². The molecule has 0 saturated heterocycles. The van der Waals surface area contributed by atoms with Crippen LogP contribution in [0.5, 0.6) is 0 Å². The van der Waals surface area contributed by atoms with Gasteiger partial charge in [0.1, 0.15) is 11.5 Å². The molecule has 98 valence electrons. The maximum Gasteiger partial charge on any atom is 0.271 e. The van der Waals surface area contributed by atoms with E-state index in [1.54, 1.807) is 26.0 Å². The summed E-state index contributed by atoms with van der Waals surface area (Å²) < 4.78 is 13.1. The number of hydrogen-bond acceptors (Lipinski definition) is 3. The standard InChI is InChI=1S/C14H14FN3O/c1-9-7-17-13(8-16-9)14(19)18-10(2)11-4-3-5-12(15)6-11/h3-8,10H,1-2H3,(H,18,19)/t10-/m0/s1. The molecule has 1 N–H and O–H groups in total. The van der Waals surface area contributed by atoms with Gasteiger partial charge in [0.2, 0.25) is 0 Å². The number of carbonyl (C=O) groups is 1. The Hall–Kier alpha value is -2.30. The van der Waals surface area contributed by atoms with Gasteiger partial charge in [-0.25, -0.2) is 9.37 Å². The van der Waals surface area contributed by atoms with Gasteiger partial charge in [-0.15, -0.1) is 0 Å². The fraction of sp³-hybridized carbons (Fsp3) is 0.214. The maximum absolute atomic E-state index is 13.1. The van der Waals surface area contributed by atoms with Crippen LogP contribution in [0.4, 0.5) is 4.39 Å². The van der Waals surface area contributed by atoms with Gasteiger partial charge < -0.3 is 5.32 Å². The summed E-state index contributed by atoms with van der Waals surface area (Å²) in [4.78, 5) is 19.9. The third-order valence-electron chi connectivity index (χ3n) is 2.71. The SMILES string of the molecule is Cc1cnc(C(=O)N[C@@H](C)c2cccc(F)c2)cn1. The number of halogens is 1. The fourth-order valence-corrected chi connectivity index (χ4v) is 1.64. The predicted molar refractivity (Wildman–Crippen MR) is 69.1 cm³/mol. The van der Waals surface area contributed by atoms with Gasteiger partial charge in [-0.2, -0.15) is 0 Å². The van der Waals surface area contributed by atoms with E-state index in [9.17, 15) is 9.18 Å². The molecule has 5 heteroatoms. The van der Waals surface area contributed by atoms with Gasteiger partial charge in [0.25, 0.3) is 5.91 Å². The Morgan fingerprint density at radius 1 is 1.32 bits per heavy atom. The third-order valence-corrected chi connectivity index (χ3v) is 2.71. The van der Waals surface area contributed by atoms with Crippen LogP contribution in [0.1, 0.15) is 34.7 Å². The summed E-state index contributed by atoms with van der Waals surface area (Å²) in [5, 5.41) is 2.75. The lowest BCUT2D eigenvalue weighted by Crippen LogP contribution is -2.27. The number of nitrogens with one attached hydrogen (secondary N) is 1. The highest BCUT2D eigenvalue weighted by Crippen LogP contribution is 2.13. The zero-order chi connectivity index (χ0) is 13.8. The monoisotopic (exact) mass is 259 g/mol. The van der Waals surface area contributed by atoms with Crippen LogP contribution in [0.2, 0.25) is 0 Å². The van der Waals surface area contributed by atoms with Gasteiger partial charge in [-0.1, -0.05) is 12.1 Å². The topological polar surface area (TPSA) is 54.9 Å². The van der Waals surface area contributed by atoms with Crippen LogP contribution in [0.3, 0.4) is 0 Å². The highest BCUT2D eigenvalue weighted by Gasteiger charge is 2.13. The van der Waals surface area contributed by atoms with Crippen molar-refractivity contribution in [2.45, 2.75) is 19.9 Å². The van der Waals surface area contributed by atoms with Crippen molar-refractivity contribution in [1.82, 2.24) is 15.3 Å². The molecule has 4 nitrogen and oxygen atoms in total. The Bertz CT molecular complexity index is 583. The molecule has 19 heavy (non-hydrogen) atoms. The quantitative estimate of drug-likeness (QED) is 0.921. The molecule has 0 aliphatic carbocycles. The zero-order valence-electron chi connectivity index (χ0n) is 10.7. The van der Waals surface area contributed by atoms with Crippen LogP contribution in [-0.2, 0) is 0 Å². The Morgan fingerprint density at radius 3 is 2.74 bits per heavy atom. The number of aryl methyl sites for hydroxylation is 1. The number of amides is 1. The first-order valence-corrected chi connectivity index (χ1v) is 5.91. The van der Waals surface area contributed by atoms with Crippen molar-refractivity contribution in [2.75, 3.05) is 0 Å². The van der Waals surface area contributed by atoms with Crippen molar-refractivity contribution < 1.29 is 9.18 Å². The minimum absolute atomic E-state index is 0.244. The van der Waals surface area contributed by atoms with Gasteiger partial charge in [-0.05, 0) is 31.5 Å². The van der Waals surface area contributed by atoms with Crippen LogP contribution >= 0.6 is 0 Å². The highest BCUT2D eigenvalue weighted by molar-refractivity contribution is 5.92. The molecule has 0 radical (unpaired) electrons. The lowest BCUT2D eigenvalue weighted by Gasteiger charge is -2.13. The second-order valence-electron chi connectivity index (χ2n) is 4.29. The van der Waals surface area contributed by atoms with Crippen LogP contribution in [0.25, 0.3) is 0 Å². The molecule has 1 aromatic carbocycles.